The highest BCUT2D eigenvalue weighted by atomic mass is 35.5. The molecule has 0 aromatic heterocycles. The van der Waals surface area contributed by atoms with E-state index in [1.54, 1.807) is 43.3 Å². The van der Waals surface area contributed by atoms with Gasteiger partial charge in [0.15, 0.2) is 23.1 Å². The molecule has 0 radical (unpaired) electrons. The molecule has 0 aliphatic rings. The van der Waals surface area contributed by atoms with Crippen LogP contribution in [0.5, 0.6) is 0 Å². The Kier molecular flexibility index (Phi) is 15.0. The molecule has 45 heavy (non-hydrogen) atoms. The number of halogens is 1. The van der Waals surface area contributed by atoms with E-state index in [1.807, 2.05) is 0 Å². The number of ketones is 2. The number of carboxylic acid groups (broad SMARTS) is 2. The van der Waals surface area contributed by atoms with Crippen molar-refractivity contribution in [2.75, 3.05) is 38.0 Å². The standard InChI is InChI=1S/C25H35N7O8S.C2H3ClO/c1-32(2)18-7-3-6-15-14(18)5-4-8-19(15)41(39,40)31-17(9-10-21(34)35)22(36)16(11-12-30-24(27)28)25(29,23(37)38)20(33)13-26;3-1-2-4/h3-8,16-17,31H,9-13,26,29H2,1-2H3,(H,34,35)(H,37,38)(H4,27,28,30);2H,1H2. The summed E-state index contributed by atoms with van der Waals surface area (Å²) in [6.45, 7) is -1.19. The molecule has 0 bridgehead atoms. The number of Topliss-reactive ketones (excluding diaryl/α,β-unsaturated/α-hetero) is 2. The first-order chi connectivity index (χ1) is 21.0. The maximum absolute atomic E-state index is 13.8. The fraction of sp³-hybridized carbons (Fsp3) is 0.407. The average molecular weight is 672 g/mol. The first-order valence-electron chi connectivity index (χ1n) is 13.3. The van der Waals surface area contributed by atoms with Crippen molar-refractivity contribution in [1.82, 2.24) is 4.72 Å². The predicted octanol–water partition coefficient (Wildman–Crippen LogP) is -1.000. The minimum absolute atomic E-state index is 0.111. The summed E-state index contributed by atoms with van der Waals surface area (Å²) < 4.78 is 29.6. The minimum Gasteiger partial charge on any atom is -0.481 e. The lowest BCUT2D eigenvalue weighted by molar-refractivity contribution is -0.154. The van der Waals surface area contributed by atoms with Gasteiger partial charge in [-0.15, -0.1) is 11.6 Å². The van der Waals surface area contributed by atoms with Gasteiger partial charge in [-0.25, -0.2) is 17.9 Å². The van der Waals surface area contributed by atoms with Crippen LogP contribution in [0.3, 0.4) is 0 Å². The molecule has 3 unspecified atom stereocenters. The highest BCUT2D eigenvalue weighted by Crippen LogP contribution is 2.31. The Morgan fingerprint density at radius 1 is 1.07 bits per heavy atom. The van der Waals surface area contributed by atoms with Crippen molar-refractivity contribution in [3.63, 3.8) is 0 Å². The van der Waals surface area contributed by atoms with Crippen LogP contribution >= 0.6 is 11.6 Å². The summed E-state index contributed by atoms with van der Waals surface area (Å²) in [5.74, 6) is -7.75. The molecule has 2 aromatic rings. The number of carbonyl (C=O) groups excluding carboxylic acids is 3. The van der Waals surface area contributed by atoms with E-state index in [-0.39, 0.29) is 17.3 Å². The van der Waals surface area contributed by atoms with Crippen LogP contribution in [-0.4, -0.2) is 99.0 Å². The van der Waals surface area contributed by atoms with Gasteiger partial charge in [0.05, 0.1) is 29.3 Å². The van der Waals surface area contributed by atoms with Gasteiger partial charge in [0.25, 0.3) is 0 Å². The minimum atomic E-state index is -4.53. The van der Waals surface area contributed by atoms with Crippen molar-refractivity contribution >= 4 is 73.8 Å². The van der Waals surface area contributed by atoms with Crippen LogP contribution in [-0.2, 0) is 34.0 Å². The smallest absolute Gasteiger partial charge is 0.332 e. The lowest BCUT2D eigenvalue weighted by Crippen LogP contribution is -2.66. The van der Waals surface area contributed by atoms with Crippen molar-refractivity contribution in [2.45, 2.75) is 35.7 Å². The molecule has 0 saturated carbocycles. The van der Waals surface area contributed by atoms with Gasteiger partial charge in [0, 0.05) is 43.5 Å². The number of aliphatic carboxylic acids is 2. The number of aliphatic imine (C=N–C) groups is 1. The summed E-state index contributed by atoms with van der Waals surface area (Å²) in [5.41, 5.74) is 19.9. The zero-order valence-electron chi connectivity index (χ0n) is 24.7. The van der Waals surface area contributed by atoms with Crippen LogP contribution in [0, 0.1) is 5.92 Å². The van der Waals surface area contributed by atoms with E-state index in [0.717, 1.165) is 0 Å². The maximum atomic E-state index is 13.8. The fourth-order valence-corrected chi connectivity index (χ4v) is 5.92. The van der Waals surface area contributed by atoms with Gasteiger partial charge >= 0.3 is 11.9 Å². The molecule has 2 rings (SSSR count). The van der Waals surface area contributed by atoms with E-state index in [1.165, 1.54) is 12.1 Å². The SMILES string of the molecule is CN(C)c1cccc2c(S(=O)(=O)NC(CCC(=O)O)C(=O)C(CCN=C(N)N)C(N)(C(=O)O)C(=O)CN)cccc12.O=CCCl. The van der Waals surface area contributed by atoms with Gasteiger partial charge in [0.1, 0.15) is 6.29 Å². The fourth-order valence-electron chi connectivity index (χ4n) is 4.46. The number of carboxylic acids is 2. The molecule has 16 nitrogen and oxygen atoms in total. The Bertz CT molecular complexity index is 1530. The number of alkyl halides is 1. The van der Waals surface area contributed by atoms with Crippen LogP contribution in [0.15, 0.2) is 46.3 Å². The lowest BCUT2D eigenvalue weighted by atomic mass is 9.74. The maximum Gasteiger partial charge on any atom is 0.332 e. The lowest BCUT2D eigenvalue weighted by Gasteiger charge is -2.33. The second-order valence-electron chi connectivity index (χ2n) is 9.80. The summed E-state index contributed by atoms with van der Waals surface area (Å²) in [4.78, 5) is 64.4. The molecule has 3 atom stereocenters. The van der Waals surface area contributed by atoms with Crippen molar-refractivity contribution in [3.05, 3.63) is 36.4 Å². The number of nitrogens with zero attached hydrogens (tertiary/aromatic N) is 2. The number of hydrogen-bond donors (Lipinski definition) is 7. The third-order valence-electron chi connectivity index (χ3n) is 6.59. The van der Waals surface area contributed by atoms with Crippen molar-refractivity contribution in [1.29, 1.82) is 0 Å². The largest absolute Gasteiger partial charge is 0.481 e. The third-order valence-corrected chi connectivity index (χ3v) is 8.24. The van der Waals surface area contributed by atoms with E-state index < -0.39 is 82.8 Å². The molecule has 0 aliphatic carbocycles. The molecule has 0 saturated heterocycles. The average Bonchev–Trinajstić information content (AvgIpc) is 2.99. The van der Waals surface area contributed by atoms with Crippen LogP contribution < -0.4 is 32.6 Å². The topological polar surface area (TPSA) is 292 Å². The molecular weight excluding hydrogens is 634 g/mol. The zero-order chi connectivity index (χ0) is 34.5. The molecule has 0 spiro atoms. The van der Waals surface area contributed by atoms with Gasteiger partial charge in [-0.2, -0.15) is 0 Å². The molecule has 248 valence electrons. The number of rotatable bonds is 17. The number of sulfonamides is 1. The Morgan fingerprint density at radius 3 is 2.13 bits per heavy atom. The van der Waals surface area contributed by atoms with Gasteiger partial charge in [-0.05, 0) is 25.0 Å². The summed E-state index contributed by atoms with van der Waals surface area (Å²) in [6, 6.07) is 7.74. The van der Waals surface area contributed by atoms with E-state index >= 15 is 0 Å². The van der Waals surface area contributed by atoms with Crippen LogP contribution in [0.2, 0.25) is 0 Å². The number of nitrogens with one attached hydrogen (secondary N) is 1. The summed E-state index contributed by atoms with van der Waals surface area (Å²) in [7, 11) is -0.970. The Balaban J connectivity index is 0.00000238. The second kappa shape index (κ2) is 17.4. The van der Waals surface area contributed by atoms with Crippen LogP contribution in [0.25, 0.3) is 10.8 Å². The molecule has 0 amide bonds. The number of hydrogen-bond acceptors (Lipinski definition) is 11. The first kappa shape index (κ1) is 38.9. The molecule has 0 aliphatic heterocycles. The normalized spacial score (nSPS) is 13.7. The third kappa shape index (κ3) is 10.2. The monoisotopic (exact) mass is 671 g/mol. The Labute approximate surface area is 264 Å². The van der Waals surface area contributed by atoms with E-state index in [2.05, 4.69) is 9.71 Å². The number of guanidine groups is 1. The van der Waals surface area contributed by atoms with Gasteiger partial charge < -0.3 is 42.8 Å². The van der Waals surface area contributed by atoms with Gasteiger partial charge in [-0.3, -0.25) is 19.4 Å². The van der Waals surface area contributed by atoms with Crippen molar-refractivity contribution in [2.24, 2.45) is 33.8 Å². The Morgan fingerprint density at radius 2 is 1.64 bits per heavy atom. The van der Waals surface area contributed by atoms with E-state index in [4.69, 9.17) is 39.3 Å². The highest BCUT2D eigenvalue weighted by molar-refractivity contribution is 7.89. The summed E-state index contributed by atoms with van der Waals surface area (Å²) in [6.07, 6.45) is -1.10. The highest BCUT2D eigenvalue weighted by Gasteiger charge is 2.52. The van der Waals surface area contributed by atoms with Crippen molar-refractivity contribution < 1.29 is 42.6 Å². The number of carbonyl (C=O) groups is 5. The molecule has 2 aromatic carbocycles. The van der Waals surface area contributed by atoms with Crippen molar-refractivity contribution in [3.8, 4) is 0 Å². The van der Waals surface area contributed by atoms with Crippen LogP contribution in [0.4, 0.5) is 5.69 Å². The summed E-state index contributed by atoms with van der Waals surface area (Å²) >= 11 is 4.82. The van der Waals surface area contributed by atoms with Gasteiger partial charge in [0.2, 0.25) is 10.0 Å². The molecular formula is C27H38ClN7O9S. The van der Waals surface area contributed by atoms with Crippen LogP contribution in [0.1, 0.15) is 19.3 Å². The number of anilines is 1. The number of benzene rings is 2. The number of aldehydes is 1. The van der Waals surface area contributed by atoms with E-state index in [9.17, 15) is 37.8 Å². The first-order valence-corrected chi connectivity index (χ1v) is 15.3. The quantitative estimate of drug-likeness (QED) is 0.0349. The number of nitrogens with two attached hydrogens (primary N) is 4. The molecule has 11 N–H and O–H groups in total. The Hall–Kier alpha value is -4.16. The second-order valence-corrected chi connectivity index (χ2v) is 11.8. The number of fused-ring (bicyclic) bond motifs is 1. The summed E-state index contributed by atoms with van der Waals surface area (Å²) in [5, 5.41) is 20.1. The zero-order valence-corrected chi connectivity index (χ0v) is 26.3. The van der Waals surface area contributed by atoms with E-state index in [0.29, 0.717) is 22.7 Å². The van der Waals surface area contributed by atoms with Gasteiger partial charge in [-0.1, -0.05) is 24.3 Å². The predicted molar refractivity (Wildman–Crippen MR) is 168 cm³/mol. The molecule has 0 heterocycles. The molecule has 0 fully saturated rings. The molecule has 18 heteroatoms.